The van der Waals surface area contributed by atoms with Crippen molar-refractivity contribution in [3.63, 3.8) is 0 Å². The van der Waals surface area contributed by atoms with Crippen molar-refractivity contribution in [2.75, 3.05) is 29.4 Å². The van der Waals surface area contributed by atoms with Crippen LogP contribution in [0.5, 0.6) is 5.75 Å². The Morgan fingerprint density at radius 1 is 1.35 bits per heavy atom. The first-order valence-corrected chi connectivity index (χ1v) is 6.70. The largest absolute Gasteiger partial charge is 0.490 e. The van der Waals surface area contributed by atoms with E-state index in [1.165, 1.54) is 17.8 Å². The highest BCUT2D eigenvalue weighted by Crippen LogP contribution is 2.30. The number of nitrogen functional groups attached to an aromatic ring is 1. The molecule has 94 valence electrons. The molecular formula is C10H17N5OS. The Balaban J connectivity index is 2.13. The van der Waals surface area contributed by atoms with Gasteiger partial charge in [-0.25, -0.2) is 15.8 Å². The van der Waals surface area contributed by atoms with Crippen molar-refractivity contribution in [3.05, 3.63) is 6.33 Å². The molecule has 1 aromatic heterocycles. The second kappa shape index (κ2) is 5.92. The molecule has 0 unspecified atom stereocenters. The number of hydrazine groups is 1. The van der Waals surface area contributed by atoms with Crippen LogP contribution in [-0.4, -0.2) is 34.6 Å². The van der Waals surface area contributed by atoms with Crippen molar-refractivity contribution < 1.29 is 4.74 Å². The lowest BCUT2D eigenvalue weighted by Gasteiger charge is -2.24. The molecule has 1 fully saturated rings. The van der Waals surface area contributed by atoms with Crippen LogP contribution in [0.3, 0.4) is 0 Å². The zero-order valence-corrected chi connectivity index (χ0v) is 10.6. The van der Waals surface area contributed by atoms with Crippen LogP contribution >= 0.6 is 11.8 Å². The maximum absolute atomic E-state index is 5.38. The zero-order chi connectivity index (χ0) is 12.1. The minimum atomic E-state index is 0.450. The standard InChI is InChI=1S/C10H17N5OS/c1-16-8-9(12-6-13-10(8)15-11)14-7-2-4-17-5-3-7/h6-7H,2-5,11H2,1H3,(H2,12,13,14,15). The summed E-state index contributed by atoms with van der Waals surface area (Å²) in [5.74, 6) is 9.51. The van der Waals surface area contributed by atoms with Crippen LogP contribution in [0.1, 0.15) is 12.8 Å². The maximum atomic E-state index is 5.38. The molecule has 0 aliphatic carbocycles. The fraction of sp³-hybridized carbons (Fsp3) is 0.600. The lowest BCUT2D eigenvalue weighted by Crippen LogP contribution is -2.25. The predicted molar refractivity (Wildman–Crippen MR) is 70.4 cm³/mol. The van der Waals surface area contributed by atoms with Gasteiger partial charge in [0.1, 0.15) is 6.33 Å². The number of hydrogen-bond acceptors (Lipinski definition) is 7. The van der Waals surface area contributed by atoms with Crippen LogP contribution in [-0.2, 0) is 0 Å². The average Bonchev–Trinajstić information content (AvgIpc) is 2.39. The molecule has 0 aromatic carbocycles. The van der Waals surface area contributed by atoms with Crippen molar-refractivity contribution in [2.24, 2.45) is 5.84 Å². The summed E-state index contributed by atoms with van der Waals surface area (Å²) in [4.78, 5) is 8.21. The number of nitrogens with one attached hydrogen (secondary N) is 2. The van der Waals surface area contributed by atoms with E-state index in [4.69, 9.17) is 10.6 Å². The molecular weight excluding hydrogens is 238 g/mol. The van der Waals surface area contributed by atoms with E-state index >= 15 is 0 Å². The van der Waals surface area contributed by atoms with Gasteiger partial charge in [0, 0.05) is 6.04 Å². The number of thioether (sulfide) groups is 1. The summed E-state index contributed by atoms with van der Waals surface area (Å²) in [5.41, 5.74) is 2.50. The molecule has 1 aromatic rings. The van der Waals surface area contributed by atoms with Gasteiger partial charge in [0.15, 0.2) is 11.6 Å². The number of nitrogens with two attached hydrogens (primary N) is 1. The van der Waals surface area contributed by atoms with Gasteiger partial charge in [-0.15, -0.1) is 0 Å². The Kier molecular flexibility index (Phi) is 4.27. The molecule has 0 bridgehead atoms. The van der Waals surface area contributed by atoms with Gasteiger partial charge >= 0.3 is 0 Å². The highest BCUT2D eigenvalue weighted by molar-refractivity contribution is 7.99. The first-order chi connectivity index (χ1) is 8.35. The van der Waals surface area contributed by atoms with Gasteiger partial charge in [0.2, 0.25) is 5.75 Å². The van der Waals surface area contributed by atoms with Crippen LogP contribution in [0.4, 0.5) is 11.6 Å². The van der Waals surface area contributed by atoms with Crippen LogP contribution in [0.15, 0.2) is 6.33 Å². The number of rotatable bonds is 4. The minimum absolute atomic E-state index is 0.450. The molecule has 17 heavy (non-hydrogen) atoms. The number of aromatic nitrogens is 2. The van der Waals surface area contributed by atoms with E-state index in [1.54, 1.807) is 7.11 Å². The number of ether oxygens (including phenoxy) is 1. The van der Waals surface area contributed by atoms with Crippen molar-refractivity contribution in [2.45, 2.75) is 18.9 Å². The fourth-order valence-electron chi connectivity index (χ4n) is 1.81. The van der Waals surface area contributed by atoms with E-state index in [1.807, 2.05) is 11.8 Å². The summed E-state index contributed by atoms with van der Waals surface area (Å²) in [6.07, 6.45) is 3.75. The molecule has 2 heterocycles. The third kappa shape index (κ3) is 2.92. The first kappa shape index (κ1) is 12.3. The SMILES string of the molecule is COc1c(NN)ncnc1NC1CCSCC1. The predicted octanol–water partition coefficient (Wildman–Crippen LogP) is 1.08. The van der Waals surface area contributed by atoms with Gasteiger partial charge in [-0.05, 0) is 24.3 Å². The summed E-state index contributed by atoms with van der Waals surface area (Å²) >= 11 is 1.99. The topological polar surface area (TPSA) is 85.1 Å². The quantitative estimate of drug-likeness (QED) is 0.548. The van der Waals surface area contributed by atoms with E-state index in [9.17, 15) is 0 Å². The van der Waals surface area contributed by atoms with Crippen molar-refractivity contribution >= 4 is 23.4 Å². The van der Waals surface area contributed by atoms with Crippen LogP contribution in [0, 0.1) is 0 Å². The van der Waals surface area contributed by atoms with Crippen LogP contribution < -0.4 is 21.3 Å². The molecule has 6 nitrogen and oxygen atoms in total. The Morgan fingerprint density at radius 3 is 2.71 bits per heavy atom. The maximum Gasteiger partial charge on any atom is 0.205 e. The van der Waals surface area contributed by atoms with E-state index in [0.29, 0.717) is 23.4 Å². The third-order valence-electron chi connectivity index (χ3n) is 2.71. The van der Waals surface area contributed by atoms with Gasteiger partial charge in [-0.3, -0.25) is 0 Å². The lowest BCUT2D eigenvalue weighted by molar-refractivity contribution is 0.414. The Bertz CT molecular complexity index is 370. The lowest BCUT2D eigenvalue weighted by atomic mass is 10.1. The first-order valence-electron chi connectivity index (χ1n) is 5.55. The Labute approximate surface area is 105 Å². The molecule has 2 rings (SSSR count). The van der Waals surface area contributed by atoms with Crippen LogP contribution in [0.2, 0.25) is 0 Å². The minimum Gasteiger partial charge on any atom is -0.490 e. The molecule has 0 saturated carbocycles. The molecule has 4 N–H and O–H groups in total. The summed E-state index contributed by atoms with van der Waals surface area (Å²) in [6.45, 7) is 0. The van der Waals surface area contributed by atoms with Crippen LogP contribution in [0.25, 0.3) is 0 Å². The number of methoxy groups -OCH3 is 1. The summed E-state index contributed by atoms with van der Waals surface area (Å²) in [6, 6.07) is 0.450. The van der Waals surface area contributed by atoms with E-state index in [0.717, 1.165) is 12.8 Å². The fourth-order valence-corrected chi connectivity index (χ4v) is 2.91. The highest BCUT2D eigenvalue weighted by atomic mass is 32.2. The average molecular weight is 255 g/mol. The molecule has 1 aliphatic rings. The molecule has 0 radical (unpaired) electrons. The van der Waals surface area contributed by atoms with Gasteiger partial charge in [0.25, 0.3) is 0 Å². The smallest absolute Gasteiger partial charge is 0.205 e. The monoisotopic (exact) mass is 255 g/mol. The van der Waals surface area contributed by atoms with Gasteiger partial charge in [-0.1, -0.05) is 0 Å². The molecule has 1 saturated heterocycles. The Hall–Kier alpha value is -1.21. The van der Waals surface area contributed by atoms with E-state index in [2.05, 4.69) is 20.7 Å². The summed E-state index contributed by atoms with van der Waals surface area (Å²) in [5, 5.41) is 3.39. The van der Waals surface area contributed by atoms with Crippen molar-refractivity contribution in [1.29, 1.82) is 0 Å². The Morgan fingerprint density at radius 2 is 2.06 bits per heavy atom. The zero-order valence-electron chi connectivity index (χ0n) is 9.77. The molecule has 0 spiro atoms. The molecule has 0 atom stereocenters. The molecule has 1 aliphatic heterocycles. The van der Waals surface area contributed by atoms with E-state index < -0.39 is 0 Å². The second-order valence-electron chi connectivity index (χ2n) is 3.78. The van der Waals surface area contributed by atoms with E-state index in [-0.39, 0.29) is 0 Å². The normalized spacial score (nSPS) is 16.6. The van der Waals surface area contributed by atoms with Gasteiger partial charge in [-0.2, -0.15) is 11.8 Å². The van der Waals surface area contributed by atoms with Crippen molar-refractivity contribution in [1.82, 2.24) is 9.97 Å². The molecule has 0 amide bonds. The number of hydrogen-bond donors (Lipinski definition) is 3. The summed E-state index contributed by atoms with van der Waals surface area (Å²) < 4.78 is 5.27. The third-order valence-corrected chi connectivity index (χ3v) is 3.76. The highest BCUT2D eigenvalue weighted by Gasteiger charge is 2.17. The number of nitrogens with zero attached hydrogens (tertiary/aromatic N) is 2. The number of anilines is 2. The van der Waals surface area contributed by atoms with Gasteiger partial charge < -0.3 is 15.5 Å². The van der Waals surface area contributed by atoms with Crippen molar-refractivity contribution in [3.8, 4) is 5.75 Å². The molecule has 7 heteroatoms. The van der Waals surface area contributed by atoms with Gasteiger partial charge in [0.05, 0.1) is 7.11 Å². The second-order valence-corrected chi connectivity index (χ2v) is 5.00. The summed E-state index contributed by atoms with van der Waals surface area (Å²) in [7, 11) is 1.58.